The summed E-state index contributed by atoms with van der Waals surface area (Å²) in [6, 6.07) is 8.29. The molecule has 17 heavy (non-hydrogen) atoms. The van der Waals surface area contributed by atoms with Crippen molar-refractivity contribution in [2.75, 3.05) is 0 Å². The maximum absolute atomic E-state index is 5.70. The van der Waals surface area contributed by atoms with Gasteiger partial charge in [-0.15, -0.1) is 0 Å². The number of aryl methyl sites for hydroxylation is 1. The third-order valence-corrected chi connectivity index (χ3v) is 1.76. The highest BCUT2D eigenvalue weighted by Gasteiger charge is 2.10. The maximum Gasteiger partial charge on any atom is 0.120 e. The highest BCUT2D eigenvalue weighted by molar-refractivity contribution is 5.27. The van der Waals surface area contributed by atoms with E-state index in [0.717, 1.165) is 12.2 Å². The summed E-state index contributed by atoms with van der Waals surface area (Å²) in [4.78, 5) is 0. The first-order valence-corrected chi connectivity index (χ1v) is 6.79. The van der Waals surface area contributed by atoms with Gasteiger partial charge in [-0.1, -0.05) is 46.8 Å². The average Bonchev–Trinajstić information content (AvgIpc) is 2.33. The van der Waals surface area contributed by atoms with Crippen LogP contribution in [0.2, 0.25) is 0 Å². The molecule has 0 heterocycles. The van der Waals surface area contributed by atoms with Crippen LogP contribution in [0, 0.1) is 0 Å². The van der Waals surface area contributed by atoms with Crippen LogP contribution in [-0.2, 0) is 6.42 Å². The molecule has 0 aromatic heterocycles. The van der Waals surface area contributed by atoms with Gasteiger partial charge in [0.1, 0.15) is 11.4 Å². The number of benzene rings is 1. The van der Waals surface area contributed by atoms with E-state index in [0.29, 0.717) is 0 Å². The summed E-state index contributed by atoms with van der Waals surface area (Å²) in [5.41, 5.74) is 1.24. The fourth-order valence-electron chi connectivity index (χ4n) is 1.15. The van der Waals surface area contributed by atoms with E-state index in [1.807, 2.05) is 39.8 Å². The van der Waals surface area contributed by atoms with Crippen molar-refractivity contribution in [2.45, 2.75) is 67.4 Å². The summed E-state index contributed by atoms with van der Waals surface area (Å²) in [6.45, 7) is 16.3. The normalized spacial score (nSPS) is 9.41. The van der Waals surface area contributed by atoms with Crippen LogP contribution in [0.3, 0.4) is 0 Å². The van der Waals surface area contributed by atoms with Crippen molar-refractivity contribution in [2.24, 2.45) is 0 Å². The summed E-state index contributed by atoms with van der Waals surface area (Å²) in [5, 5.41) is 0. The van der Waals surface area contributed by atoms with Crippen molar-refractivity contribution in [1.29, 1.82) is 0 Å². The van der Waals surface area contributed by atoms with Crippen LogP contribution in [0.5, 0.6) is 5.75 Å². The summed E-state index contributed by atoms with van der Waals surface area (Å²) in [7, 11) is 0. The smallest absolute Gasteiger partial charge is 0.120 e. The van der Waals surface area contributed by atoms with Gasteiger partial charge in [0, 0.05) is 0 Å². The fourth-order valence-corrected chi connectivity index (χ4v) is 1.15. The Morgan fingerprint density at radius 1 is 0.882 bits per heavy atom. The molecule has 1 aromatic carbocycles. The molecule has 0 atom stereocenters. The lowest BCUT2D eigenvalue weighted by Gasteiger charge is -2.21. The molecule has 0 saturated heterocycles. The van der Waals surface area contributed by atoms with Crippen molar-refractivity contribution in [3.8, 4) is 5.75 Å². The monoisotopic (exact) mass is 238 g/mol. The Morgan fingerprint density at radius 2 is 1.29 bits per heavy atom. The molecule has 0 amide bonds. The lowest BCUT2D eigenvalue weighted by atomic mass is 10.1. The minimum Gasteiger partial charge on any atom is -0.488 e. The van der Waals surface area contributed by atoms with E-state index in [-0.39, 0.29) is 5.60 Å². The van der Waals surface area contributed by atoms with Gasteiger partial charge in [0.15, 0.2) is 0 Å². The Kier molecular flexibility index (Phi) is 11.0. The second kappa shape index (κ2) is 10.2. The first kappa shape index (κ1) is 18.4. The highest BCUT2D eigenvalue weighted by atomic mass is 16.5. The summed E-state index contributed by atoms with van der Waals surface area (Å²) >= 11 is 0. The SMILES string of the molecule is CC.CC.CCc1ccc(OC(C)(C)C)cc1. The Hall–Kier alpha value is -0.980. The lowest BCUT2D eigenvalue weighted by Crippen LogP contribution is -2.22. The van der Waals surface area contributed by atoms with Crippen molar-refractivity contribution >= 4 is 0 Å². The van der Waals surface area contributed by atoms with Gasteiger partial charge in [0.2, 0.25) is 0 Å². The first-order valence-electron chi connectivity index (χ1n) is 6.79. The Labute approximate surface area is 108 Å². The van der Waals surface area contributed by atoms with Gasteiger partial charge in [-0.3, -0.25) is 0 Å². The molecule has 0 fully saturated rings. The molecule has 1 rings (SSSR count). The second-order valence-electron chi connectivity index (χ2n) is 4.21. The van der Waals surface area contributed by atoms with Crippen LogP contribution in [-0.4, -0.2) is 5.60 Å². The van der Waals surface area contributed by atoms with Gasteiger partial charge in [-0.25, -0.2) is 0 Å². The van der Waals surface area contributed by atoms with E-state index in [9.17, 15) is 0 Å². The van der Waals surface area contributed by atoms with Gasteiger partial charge in [0.25, 0.3) is 0 Å². The summed E-state index contributed by atoms with van der Waals surface area (Å²) < 4.78 is 5.70. The summed E-state index contributed by atoms with van der Waals surface area (Å²) in [5.74, 6) is 0.949. The van der Waals surface area contributed by atoms with E-state index in [2.05, 4.69) is 39.8 Å². The van der Waals surface area contributed by atoms with Gasteiger partial charge in [-0.2, -0.15) is 0 Å². The third-order valence-electron chi connectivity index (χ3n) is 1.76. The number of hydrogen-bond donors (Lipinski definition) is 0. The van der Waals surface area contributed by atoms with Gasteiger partial charge >= 0.3 is 0 Å². The van der Waals surface area contributed by atoms with E-state index >= 15 is 0 Å². The quantitative estimate of drug-likeness (QED) is 0.663. The zero-order valence-electron chi connectivity index (χ0n) is 12.9. The zero-order valence-corrected chi connectivity index (χ0v) is 12.9. The molecule has 0 aliphatic rings. The molecule has 0 N–H and O–H groups in total. The van der Waals surface area contributed by atoms with Crippen LogP contribution >= 0.6 is 0 Å². The van der Waals surface area contributed by atoms with Crippen LogP contribution in [0.25, 0.3) is 0 Å². The van der Waals surface area contributed by atoms with E-state index < -0.39 is 0 Å². The summed E-state index contributed by atoms with van der Waals surface area (Å²) in [6.07, 6.45) is 1.08. The van der Waals surface area contributed by atoms with E-state index in [1.54, 1.807) is 0 Å². The zero-order chi connectivity index (χ0) is 13.9. The number of hydrogen-bond acceptors (Lipinski definition) is 1. The molecule has 0 bridgehead atoms. The fraction of sp³-hybridized carbons (Fsp3) is 0.625. The van der Waals surface area contributed by atoms with Crippen LogP contribution in [0.4, 0.5) is 0 Å². The molecule has 1 heteroatoms. The van der Waals surface area contributed by atoms with Crippen molar-refractivity contribution in [1.82, 2.24) is 0 Å². The van der Waals surface area contributed by atoms with Crippen molar-refractivity contribution < 1.29 is 4.74 Å². The third kappa shape index (κ3) is 9.92. The van der Waals surface area contributed by atoms with Gasteiger partial charge in [-0.05, 0) is 44.9 Å². The van der Waals surface area contributed by atoms with Gasteiger partial charge in [0.05, 0.1) is 0 Å². The average molecular weight is 238 g/mol. The topological polar surface area (TPSA) is 9.23 Å². The lowest BCUT2D eigenvalue weighted by molar-refractivity contribution is 0.131. The molecular formula is C16H30O. The van der Waals surface area contributed by atoms with Crippen molar-refractivity contribution in [3.63, 3.8) is 0 Å². The highest BCUT2D eigenvalue weighted by Crippen LogP contribution is 2.18. The van der Waals surface area contributed by atoms with Gasteiger partial charge < -0.3 is 4.74 Å². The van der Waals surface area contributed by atoms with E-state index in [4.69, 9.17) is 4.74 Å². The molecule has 0 saturated carbocycles. The molecule has 1 aromatic rings. The number of rotatable bonds is 2. The standard InChI is InChI=1S/C12H18O.2C2H6/c1-5-10-6-8-11(9-7-10)13-12(2,3)4;2*1-2/h6-9H,5H2,1-4H3;2*1-2H3. The van der Waals surface area contributed by atoms with E-state index in [1.165, 1.54) is 5.56 Å². The maximum atomic E-state index is 5.70. The molecule has 0 radical (unpaired) electrons. The molecule has 1 nitrogen and oxygen atoms in total. The largest absolute Gasteiger partial charge is 0.488 e. The van der Waals surface area contributed by atoms with Crippen LogP contribution < -0.4 is 4.74 Å². The Balaban J connectivity index is 0. The van der Waals surface area contributed by atoms with Crippen LogP contribution in [0.1, 0.15) is 61.0 Å². The Bertz CT molecular complexity index is 254. The molecule has 0 unspecified atom stereocenters. The number of ether oxygens (including phenoxy) is 1. The molecular weight excluding hydrogens is 208 g/mol. The molecule has 0 aliphatic carbocycles. The Morgan fingerprint density at radius 3 is 1.59 bits per heavy atom. The van der Waals surface area contributed by atoms with Crippen molar-refractivity contribution in [3.05, 3.63) is 29.8 Å². The van der Waals surface area contributed by atoms with Crippen LogP contribution in [0.15, 0.2) is 24.3 Å². The predicted molar refractivity (Wildman–Crippen MR) is 78.9 cm³/mol. The molecule has 100 valence electrons. The minimum atomic E-state index is -0.103. The first-order chi connectivity index (χ1) is 8.01. The molecule has 0 aliphatic heterocycles. The molecule has 0 spiro atoms. The second-order valence-corrected chi connectivity index (χ2v) is 4.21. The minimum absolute atomic E-state index is 0.103. The predicted octanol–water partition coefficient (Wildman–Crippen LogP) is 5.48.